The molecule has 0 aliphatic carbocycles. The average Bonchev–Trinajstić information content (AvgIpc) is 3.07. The highest BCUT2D eigenvalue weighted by molar-refractivity contribution is 7.13. The molecule has 0 saturated carbocycles. The van der Waals surface area contributed by atoms with Crippen LogP contribution in [-0.4, -0.2) is 15.0 Å². The van der Waals surface area contributed by atoms with Crippen LogP contribution in [0.2, 0.25) is 0 Å². The Balaban J connectivity index is 2.17. The fourth-order valence-corrected chi connectivity index (χ4v) is 2.65. The molecule has 3 rings (SSSR count). The summed E-state index contributed by atoms with van der Waals surface area (Å²) < 4.78 is 14.7. The fourth-order valence-electron chi connectivity index (χ4n) is 1.87. The summed E-state index contributed by atoms with van der Waals surface area (Å²) in [5.41, 5.74) is 8.06. The molecule has 2 N–H and O–H groups in total. The molecule has 0 amide bonds. The lowest BCUT2D eigenvalue weighted by molar-refractivity contribution is 0.627. The first-order valence-corrected chi connectivity index (χ1v) is 6.62. The minimum absolute atomic E-state index is 0.277. The van der Waals surface area contributed by atoms with Gasteiger partial charge in [-0.05, 0) is 35.7 Å². The summed E-state index contributed by atoms with van der Waals surface area (Å²) in [4.78, 5) is 1.04. The Morgan fingerprint density at radius 1 is 1.21 bits per heavy atom. The number of hydrogen-bond acceptors (Lipinski definition) is 4. The van der Waals surface area contributed by atoms with Crippen molar-refractivity contribution in [2.45, 2.75) is 6.54 Å². The van der Waals surface area contributed by atoms with E-state index >= 15 is 0 Å². The summed E-state index contributed by atoms with van der Waals surface area (Å²) in [5, 5.41) is 10.2. The topological polar surface area (TPSA) is 56.7 Å². The lowest BCUT2D eigenvalue weighted by Gasteiger charge is -2.05. The smallest absolute Gasteiger partial charge is 0.123 e. The van der Waals surface area contributed by atoms with Gasteiger partial charge in [0.2, 0.25) is 0 Å². The maximum Gasteiger partial charge on any atom is 0.123 e. The maximum absolute atomic E-state index is 13.0. The van der Waals surface area contributed by atoms with Crippen LogP contribution in [0.4, 0.5) is 4.39 Å². The Labute approximate surface area is 113 Å². The second kappa shape index (κ2) is 4.91. The van der Waals surface area contributed by atoms with Crippen LogP contribution in [0.3, 0.4) is 0 Å². The Bertz CT molecular complexity index is 673. The highest BCUT2D eigenvalue weighted by atomic mass is 32.1. The van der Waals surface area contributed by atoms with Crippen molar-refractivity contribution < 1.29 is 4.39 Å². The van der Waals surface area contributed by atoms with Gasteiger partial charge in [0.1, 0.15) is 17.2 Å². The molecule has 0 bridgehead atoms. The van der Waals surface area contributed by atoms with Gasteiger partial charge < -0.3 is 5.73 Å². The summed E-state index contributed by atoms with van der Waals surface area (Å²) in [6.45, 7) is 0.314. The highest BCUT2D eigenvalue weighted by Crippen LogP contribution is 2.28. The number of nitrogens with two attached hydrogens (primary N) is 1. The third-order valence-electron chi connectivity index (χ3n) is 2.76. The molecule has 1 aromatic carbocycles. The van der Waals surface area contributed by atoms with Crippen LogP contribution in [0.5, 0.6) is 0 Å². The molecule has 0 radical (unpaired) electrons. The van der Waals surface area contributed by atoms with Gasteiger partial charge in [-0.25, -0.2) is 9.07 Å². The van der Waals surface area contributed by atoms with Gasteiger partial charge in [0, 0.05) is 6.54 Å². The van der Waals surface area contributed by atoms with Crippen molar-refractivity contribution in [1.82, 2.24) is 15.0 Å². The third-order valence-corrected chi connectivity index (χ3v) is 3.64. The minimum atomic E-state index is -0.277. The fraction of sp³-hybridized carbons (Fsp3) is 0.0769. The van der Waals surface area contributed by atoms with E-state index in [2.05, 4.69) is 10.3 Å². The first-order chi connectivity index (χ1) is 9.29. The standard InChI is InChI=1S/C13H11FN4S/c14-9-3-5-10(6-4-9)18-13(11(8-15)16-17-18)12-2-1-7-19-12/h1-7H,8,15H2. The van der Waals surface area contributed by atoms with Crippen molar-refractivity contribution >= 4 is 11.3 Å². The van der Waals surface area contributed by atoms with Crippen molar-refractivity contribution in [1.29, 1.82) is 0 Å². The lowest BCUT2D eigenvalue weighted by atomic mass is 10.2. The predicted octanol–water partition coefficient (Wildman–Crippen LogP) is 2.59. The van der Waals surface area contributed by atoms with Crippen LogP contribution >= 0.6 is 11.3 Å². The molecule has 96 valence electrons. The second-order valence-corrected chi connectivity index (χ2v) is 4.90. The quantitative estimate of drug-likeness (QED) is 0.798. The lowest BCUT2D eigenvalue weighted by Crippen LogP contribution is -2.01. The molecule has 19 heavy (non-hydrogen) atoms. The van der Waals surface area contributed by atoms with E-state index in [1.807, 2.05) is 17.5 Å². The zero-order valence-electron chi connectivity index (χ0n) is 9.95. The van der Waals surface area contributed by atoms with Crippen molar-refractivity contribution in [3.8, 4) is 16.3 Å². The van der Waals surface area contributed by atoms with E-state index in [4.69, 9.17) is 5.73 Å². The van der Waals surface area contributed by atoms with Gasteiger partial charge in [0.05, 0.1) is 10.6 Å². The molecule has 6 heteroatoms. The summed E-state index contributed by atoms with van der Waals surface area (Å²) in [6, 6.07) is 10.1. The molecular weight excluding hydrogens is 263 g/mol. The Morgan fingerprint density at radius 2 is 2.00 bits per heavy atom. The molecule has 2 heterocycles. The van der Waals surface area contributed by atoms with Crippen LogP contribution < -0.4 is 5.73 Å². The van der Waals surface area contributed by atoms with Gasteiger partial charge in [-0.2, -0.15) is 0 Å². The molecule has 0 fully saturated rings. The van der Waals surface area contributed by atoms with Crippen molar-refractivity contribution in [3.63, 3.8) is 0 Å². The van der Waals surface area contributed by atoms with Gasteiger partial charge in [-0.15, -0.1) is 16.4 Å². The zero-order valence-corrected chi connectivity index (χ0v) is 10.8. The molecule has 2 aromatic heterocycles. The van der Waals surface area contributed by atoms with Crippen molar-refractivity contribution in [3.05, 3.63) is 53.3 Å². The number of hydrogen-bond donors (Lipinski definition) is 1. The molecule has 0 atom stereocenters. The Morgan fingerprint density at radius 3 is 2.63 bits per heavy atom. The summed E-state index contributed by atoms with van der Waals surface area (Å²) in [6.07, 6.45) is 0. The van der Waals surface area contributed by atoms with E-state index in [1.165, 1.54) is 12.1 Å². The van der Waals surface area contributed by atoms with Crippen LogP contribution in [0.15, 0.2) is 41.8 Å². The van der Waals surface area contributed by atoms with E-state index in [0.717, 1.165) is 22.0 Å². The van der Waals surface area contributed by atoms with E-state index in [-0.39, 0.29) is 5.82 Å². The highest BCUT2D eigenvalue weighted by Gasteiger charge is 2.15. The number of rotatable bonds is 3. The van der Waals surface area contributed by atoms with Crippen molar-refractivity contribution in [2.24, 2.45) is 5.73 Å². The molecule has 4 nitrogen and oxygen atoms in total. The number of thiophene rings is 1. The molecule has 3 aromatic rings. The van der Waals surface area contributed by atoms with Crippen LogP contribution in [0.1, 0.15) is 5.69 Å². The van der Waals surface area contributed by atoms with Gasteiger partial charge >= 0.3 is 0 Å². The largest absolute Gasteiger partial charge is 0.325 e. The van der Waals surface area contributed by atoms with E-state index in [9.17, 15) is 4.39 Å². The average molecular weight is 274 g/mol. The summed E-state index contributed by atoms with van der Waals surface area (Å²) >= 11 is 1.59. The molecular formula is C13H11FN4S. The zero-order chi connectivity index (χ0) is 13.2. The van der Waals surface area contributed by atoms with Crippen LogP contribution in [0.25, 0.3) is 16.3 Å². The minimum Gasteiger partial charge on any atom is -0.325 e. The van der Waals surface area contributed by atoms with Gasteiger partial charge in [-0.3, -0.25) is 0 Å². The monoisotopic (exact) mass is 274 g/mol. The molecule has 0 aliphatic heterocycles. The number of nitrogens with zero attached hydrogens (tertiary/aromatic N) is 3. The third kappa shape index (κ3) is 2.16. The maximum atomic E-state index is 13.0. The van der Waals surface area contributed by atoms with Gasteiger partial charge in [0.25, 0.3) is 0 Å². The van der Waals surface area contributed by atoms with E-state index < -0.39 is 0 Å². The number of halogens is 1. The molecule has 0 saturated heterocycles. The molecule has 0 spiro atoms. The van der Waals surface area contributed by atoms with Crippen LogP contribution in [-0.2, 0) is 6.54 Å². The molecule has 0 aliphatic rings. The molecule has 0 unspecified atom stereocenters. The first-order valence-electron chi connectivity index (χ1n) is 5.74. The second-order valence-electron chi connectivity index (χ2n) is 3.95. The first kappa shape index (κ1) is 12.0. The van der Waals surface area contributed by atoms with Gasteiger partial charge in [-0.1, -0.05) is 11.3 Å². The number of aromatic nitrogens is 3. The van der Waals surface area contributed by atoms with E-state index in [0.29, 0.717) is 6.54 Å². The predicted molar refractivity (Wildman–Crippen MR) is 72.5 cm³/mol. The number of benzene rings is 1. The Hall–Kier alpha value is -2.05. The Kier molecular flexibility index (Phi) is 3.10. The summed E-state index contributed by atoms with van der Waals surface area (Å²) in [5.74, 6) is -0.277. The summed E-state index contributed by atoms with van der Waals surface area (Å²) in [7, 11) is 0. The normalized spacial score (nSPS) is 10.8. The van der Waals surface area contributed by atoms with Crippen LogP contribution in [0, 0.1) is 5.82 Å². The SMILES string of the molecule is NCc1nnn(-c2ccc(F)cc2)c1-c1cccs1. The van der Waals surface area contributed by atoms with E-state index in [1.54, 1.807) is 28.2 Å². The van der Waals surface area contributed by atoms with Gasteiger partial charge in [0.15, 0.2) is 0 Å². The van der Waals surface area contributed by atoms with Crippen molar-refractivity contribution in [2.75, 3.05) is 0 Å².